The number of furan rings is 1. The Morgan fingerprint density at radius 3 is 2.88 bits per heavy atom. The van der Waals surface area contributed by atoms with E-state index >= 15 is 0 Å². The maximum absolute atomic E-state index is 13.4. The molecular formula is C21H24N2O3. The fraction of sp³-hybridized carbons (Fsp3) is 0.524. The van der Waals surface area contributed by atoms with Crippen molar-refractivity contribution in [3.8, 4) is 0 Å². The molecule has 136 valence electrons. The monoisotopic (exact) mass is 352 g/mol. The summed E-state index contributed by atoms with van der Waals surface area (Å²) in [6.07, 6.45) is 5.24. The van der Waals surface area contributed by atoms with Crippen LogP contribution in [0.2, 0.25) is 0 Å². The van der Waals surface area contributed by atoms with Crippen LogP contribution in [0.3, 0.4) is 0 Å². The third kappa shape index (κ3) is 2.37. The molecule has 26 heavy (non-hydrogen) atoms. The van der Waals surface area contributed by atoms with Crippen molar-refractivity contribution in [1.82, 2.24) is 9.47 Å². The van der Waals surface area contributed by atoms with E-state index in [-0.39, 0.29) is 17.4 Å². The molecule has 5 heteroatoms. The molecule has 5 rings (SSSR count). The first-order valence-corrected chi connectivity index (χ1v) is 9.72. The van der Waals surface area contributed by atoms with E-state index in [4.69, 9.17) is 4.42 Å². The number of amides is 1. The highest BCUT2D eigenvalue weighted by atomic mass is 16.3. The average molecular weight is 352 g/mol. The van der Waals surface area contributed by atoms with Crippen LogP contribution in [0.1, 0.15) is 58.3 Å². The first kappa shape index (κ1) is 15.9. The van der Waals surface area contributed by atoms with Gasteiger partial charge in [0.15, 0.2) is 0 Å². The van der Waals surface area contributed by atoms with Crippen LogP contribution in [-0.2, 0) is 19.4 Å². The number of aryl methyl sites for hydroxylation is 2. The third-order valence-electron chi connectivity index (χ3n) is 6.33. The van der Waals surface area contributed by atoms with E-state index in [2.05, 4.69) is 0 Å². The van der Waals surface area contributed by atoms with Crippen LogP contribution in [-0.4, -0.2) is 28.5 Å². The first-order chi connectivity index (χ1) is 12.6. The lowest BCUT2D eigenvalue weighted by Gasteiger charge is -2.42. The van der Waals surface area contributed by atoms with Crippen LogP contribution in [0.25, 0.3) is 0 Å². The van der Waals surface area contributed by atoms with Crippen LogP contribution in [0.15, 0.2) is 27.4 Å². The largest absolute Gasteiger partial charge is 0.465 e. The van der Waals surface area contributed by atoms with Gasteiger partial charge in [0.2, 0.25) is 0 Å². The summed E-state index contributed by atoms with van der Waals surface area (Å²) >= 11 is 0. The Balaban J connectivity index is 1.47. The minimum absolute atomic E-state index is 0.0803. The van der Waals surface area contributed by atoms with Crippen molar-refractivity contribution in [1.29, 1.82) is 0 Å². The van der Waals surface area contributed by atoms with Gasteiger partial charge in [-0.05, 0) is 44.6 Å². The van der Waals surface area contributed by atoms with Crippen molar-refractivity contribution >= 4 is 5.91 Å². The molecule has 2 bridgehead atoms. The van der Waals surface area contributed by atoms with Gasteiger partial charge in [-0.3, -0.25) is 9.59 Å². The summed E-state index contributed by atoms with van der Waals surface area (Å²) < 4.78 is 7.83. The van der Waals surface area contributed by atoms with Gasteiger partial charge >= 0.3 is 0 Å². The van der Waals surface area contributed by atoms with E-state index in [9.17, 15) is 9.59 Å². The number of nitrogens with zero attached hydrogens (tertiary/aromatic N) is 2. The quantitative estimate of drug-likeness (QED) is 0.793. The van der Waals surface area contributed by atoms with Gasteiger partial charge in [0, 0.05) is 49.3 Å². The smallest absolute Gasteiger partial charge is 0.257 e. The lowest BCUT2D eigenvalue weighted by molar-refractivity contribution is 0.0592. The van der Waals surface area contributed by atoms with E-state index in [0.29, 0.717) is 12.5 Å². The molecule has 0 aromatic carbocycles. The second-order valence-corrected chi connectivity index (χ2v) is 8.05. The zero-order valence-electron chi connectivity index (χ0n) is 15.2. The number of fused-ring (bicyclic) bond motifs is 5. The van der Waals surface area contributed by atoms with Gasteiger partial charge in [-0.1, -0.05) is 6.07 Å². The molecule has 1 fully saturated rings. The molecule has 3 aliphatic rings. The predicted octanol–water partition coefficient (Wildman–Crippen LogP) is 2.89. The van der Waals surface area contributed by atoms with Gasteiger partial charge in [0.1, 0.15) is 11.5 Å². The van der Waals surface area contributed by atoms with E-state index in [1.165, 1.54) is 0 Å². The number of pyridine rings is 1. The van der Waals surface area contributed by atoms with E-state index < -0.39 is 0 Å². The maximum atomic E-state index is 13.4. The van der Waals surface area contributed by atoms with Crippen molar-refractivity contribution in [3.05, 3.63) is 56.9 Å². The second kappa shape index (κ2) is 5.86. The Bertz CT molecular complexity index is 939. The predicted molar refractivity (Wildman–Crippen MR) is 97.5 cm³/mol. The number of likely N-dealkylation sites (tertiary alicyclic amines) is 1. The number of hydrogen-bond donors (Lipinski definition) is 0. The molecule has 0 spiro atoms. The molecule has 1 amide bonds. The SMILES string of the molecule is Cc1oc2c(c1C(=O)N1CC3CC(C1)c1cccc(=O)n1C3)CCCC2. The summed E-state index contributed by atoms with van der Waals surface area (Å²) in [4.78, 5) is 27.5. The number of aromatic nitrogens is 1. The van der Waals surface area contributed by atoms with Crippen LogP contribution in [0, 0.1) is 12.8 Å². The number of piperidine rings is 1. The van der Waals surface area contributed by atoms with Gasteiger partial charge in [0.05, 0.1) is 5.56 Å². The molecule has 1 aliphatic carbocycles. The third-order valence-corrected chi connectivity index (χ3v) is 6.33. The zero-order valence-corrected chi connectivity index (χ0v) is 15.2. The summed E-state index contributed by atoms with van der Waals surface area (Å²) in [5.41, 5.74) is 3.12. The highest BCUT2D eigenvalue weighted by molar-refractivity contribution is 5.97. The molecule has 0 radical (unpaired) electrons. The fourth-order valence-electron chi connectivity index (χ4n) is 5.20. The van der Waals surface area contributed by atoms with Gasteiger partial charge < -0.3 is 13.9 Å². The summed E-state index contributed by atoms with van der Waals surface area (Å²) in [5, 5.41) is 0. The van der Waals surface area contributed by atoms with Crippen molar-refractivity contribution < 1.29 is 9.21 Å². The van der Waals surface area contributed by atoms with Crippen LogP contribution >= 0.6 is 0 Å². The molecule has 2 aromatic rings. The molecule has 0 N–H and O–H groups in total. The molecule has 5 nitrogen and oxygen atoms in total. The van der Waals surface area contributed by atoms with E-state index in [1.54, 1.807) is 6.07 Å². The lowest BCUT2D eigenvalue weighted by atomic mass is 9.82. The Hall–Kier alpha value is -2.30. The summed E-state index contributed by atoms with van der Waals surface area (Å²) in [6.45, 7) is 4.07. The van der Waals surface area contributed by atoms with Gasteiger partial charge in [-0.2, -0.15) is 0 Å². The summed E-state index contributed by atoms with van der Waals surface area (Å²) in [6, 6.07) is 5.52. The number of hydrogen-bond acceptors (Lipinski definition) is 3. The highest BCUT2D eigenvalue weighted by Crippen LogP contribution is 2.37. The lowest BCUT2D eigenvalue weighted by Crippen LogP contribution is -2.49. The Morgan fingerprint density at radius 2 is 2.00 bits per heavy atom. The Labute approximate surface area is 152 Å². The van der Waals surface area contributed by atoms with Crippen molar-refractivity contribution in [2.45, 2.75) is 51.5 Å². The molecule has 2 aliphatic heterocycles. The fourth-order valence-corrected chi connectivity index (χ4v) is 5.20. The second-order valence-electron chi connectivity index (χ2n) is 8.05. The van der Waals surface area contributed by atoms with Gasteiger partial charge in [0.25, 0.3) is 11.5 Å². The minimum atomic E-state index is 0.0803. The molecule has 0 saturated carbocycles. The van der Waals surface area contributed by atoms with Crippen LogP contribution < -0.4 is 5.56 Å². The van der Waals surface area contributed by atoms with E-state index in [1.807, 2.05) is 28.5 Å². The summed E-state index contributed by atoms with van der Waals surface area (Å²) in [7, 11) is 0. The van der Waals surface area contributed by atoms with Crippen molar-refractivity contribution in [3.63, 3.8) is 0 Å². The number of carbonyl (C=O) groups excluding carboxylic acids is 1. The molecular weight excluding hydrogens is 328 g/mol. The molecule has 2 aromatic heterocycles. The normalized spacial score (nSPS) is 24.1. The standard InChI is InChI=1S/C21H24N2O3/c1-13-20(16-5-2-3-7-18(16)26-13)21(25)22-10-14-9-15(12-22)17-6-4-8-19(24)23(17)11-14/h4,6,8,14-15H,2-3,5,7,9-12H2,1H3. The summed E-state index contributed by atoms with van der Waals surface area (Å²) in [5.74, 6) is 2.52. The molecule has 2 unspecified atom stereocenters. The van der Waals surface area contributed by atoms with Crippen molar-refractivity contribution in [2.75, 3.05) is 13.1 Å². The van der Waals surface area contributed by atoms with Crippen molar-refractivity contribution in [2.24, 2.45) is 5.92 Å². The van der Waals surface area contributed by atoms with Gasteiger partial charge in [-0.25, -0.2) is 0 Å². The Morgan fingerprint density at radius 1 is 1.15 bits per heavy atom. The minimum Gasteiger partial charge on any atom is -0.465 e. The van der Waals surface area contributed by atoms with Crippen LogP contribution in [0.5, 0.6) is 0 Å². The Kier molecular flexibility index (Phi) is 3.59. The zero-order chi connectivity index (χ0) is 17.8. The number of rotatable bonds is 1. The average Bonchev–Trinajstić information content (AvgIpc) is 2.97. The molecule has 1 saturated heterocycles. The molecule has 2 atom stereocenters. The topological polar surface area (TPSA) is 55.5 Å². The number of carbonyl (C=O) groups is 1. The van der Waals surface area contributed by atoms with E-state index in [0.717, 1.165) is 73.5 Å². The highest BCUT2D eigenvalue weighted by Gasteiger charge is 2.38. The maximum Gasteiger partial charge on any atom is 0.257 e. The van der Waals surface area contributed by atoms with Crippen LogP contribution in [0.4, 0.5) is 0 Å². The first-order valence-electron chi connectivity index (χ1n) is 9.72. The molecule has 4 heterocycles. The van der Waals surface area contributed by atoms with Gasteiger partial charge in [-0.15, -0.1) is 0 Å².